The van der Waals surface area contributed by atoms with Gasteiger partial charge in [-0.1, -0.05) is 12.1 Å². The number of benzene rings is 1. The van der Waals surface area contributed by atoms with Gasteiger partial charge in [-0.25, -0.2) is 4.39 Å². The fourth-order valence-corrected chi connectivity index (χ4v) is 2.71. The second kappa shape index (κ2) is 3.98. The first kappa shape index (κ1) is 11.0. The van der Waals surface area contributed by atoms with Crippen molar-refractivity contribution in [2.75, 3.05) is 24.5 Å². The highest BCUT2D eigenvalue weighted by Gasteiger charge is 2.45. The highest BCUT2D eigenvalue weighted by Crippen LogP contribution is 2.47. The summed E-state index contributed by atoms with van der Waals surface area (Å²) in [5.41, 5.74) is 1.17. The molecule has 1 saturated heterocycles. The molecule has 1 aliphatic heterocycles. The van der Waals surface area contributed by atoms with E-state index in [4.69, 9.17) is 0 Å². The number of nitrogens with one attached hydrogen (secondary N) is 1. The van der Waals surface area contributed by atoms with E-state index in [0.717, 1.165) is 25.3 Å². The van der Waals surface area contributed by atoms with Gasteiger partial charge in [-0.15, -0.1) is 0 Å². The zero-order valence-corrected chi connectivity index (χ0v) is 10.2. The molecule has 2 fully saturated rings. The summed E-state index contributed by atoms with van der Waals surface area (Å²) in [5.74, 6) is -0.0996. The Labute approximate surface area is 102 Å². The normalized spacial score (nSPS) is 26.9. The number of halogens is 1. The van der Waals surface area contributed by atoms with Crippen molar-refractivity contribution in [1.82, 2.24) is 5.32 Å². The molecule has 2 aliphatic rings. The smallest absolute Gasteiger partial charge is 0.146 e. The maximum absolute atomic E-state index is 13.8. The maximum Gasteiger partial charge on any atom is 0.146 e. The zero-order valence-electron chi connectivity index (χ0n) is 10.2. The van der Waals surface area contributed by atoms with Crippen molar-refractivity contribution in [1.29, 1.82) is 0 Å². The standard InChI is InChI=1S/C14H19FN2/c1-11-8-17(10-14(6-7-14)9-16-11)13-5-3-2-4-12(13)15/h2-5,11,16H,6-10H2,1H3. The van der Waals surface area contributed by atoms with Gasteiger partial charge >= 0.3 is 0 Å². The summed E-state index contributed by atoms with van der Waals surface area (Å²) in [5, 5.41) is 3.55. The average molecular weight is 234 g/mol. The van der Waals surface area contributed by atoms with Crippen LogP contribution in [0.5, 0.6) is 0 Å². The lowest BCUT2D eigenvalue weighted by molar-refractivity contribution is 0.478. The minimum absolute atomic E-state index is 0.0996. The van der Waals surface area contributed by atoms with Crippen molar-refractivity contribution in [3.63, 3.8) is 0 Å². The van der Waals surface area contributed by atoms with Crippen molar-refractivity contribution < 1.29 is 4.39 Å². The van der Waals surface area contributed by atoms with Gasteiger partial charge in [0, 0.05) is 31.1 Å². The van der Waals surface area contributed by atoms with E-state index in [1.54, 1.807) is 12.1 Å². The third-order valence-corrected chi connectivity index (χ3v) is 4.00. The van der Waals surface area contributed by atoms with E-state index in [-0.39, 0.29) is 5.82 Å². The van der Waals surface area contributed by atoms with Crippen LogP contribution in [0.25, 0.3) is 0 Å². The highest BCUT2D eigenvalue weighted by atomic mass is 19.1. The van der Waals surface area contributed by atoms with Crippen LogP contribution in [-0.4, -0.2) is 25.7 Å². The lowest BCUT2D eigenvalue weighted by Gasteiger charge is -2.27. The fraction of sp³-hybridized carbons (Fsp3) is 0.571. The Morgan fingerprint density at radius 1 is 1.35 bits per heavy atom. The molecule has 3 rings (SSSR count). The van der Waals surface area contributed by atoms with Crippen LogP contribution in [0.15, 0.2) is 24.3 Å². The predicted molar refractivity (Wildman–Crippen MR) is 67.7 cm³/mol. The molecule has 92 valence electrons. The molecule has 0 aromatic heterocycles. The summed E-state index contributed by atoms with van der Waals surface area (Å²) in [4.78, 5) is 2.22. The Balaban J connectivity index is 1.88. The summed E-state index contributed by atoms with van der Waals surface area (Å²) in [7, 11) is 0. The molecular weight excluding hydrogens is 215 g/mol. The molecular formula is C14H19FN2. The second-order valence-electron chi connectivity index (χ2n) is 5.61. The molecule has 1 unspecified atom stereocenters. The third kappa shape index (κ3) is 2.16. The Bertz CT molecular complexity index is 414. The SMILES string of the molecule is CC1CN(c2ccccc2F)CC2(CC2)CN1. The van der Waals surface area contributed by atoms with Crippen molar-refractivity contribution in [3.8, 4) is 0 Å². The van der Waals surface area contributed by atoms with Crippen LogP contribution in [0.4, 0.5) is 10.1 Å². The lowest BCUT2D eigenvalue weighted by atomic mass is 10.1. The molecule has 3 heteroatoms. The zero-order chi connectivity index (χ0) is 11.9. The van der Waals surface area contributed by atoms with Gasteiger partial charge in [0.25, 0.3) is 0 Å². The number of anilines is 1. The number of hydrogen-bond acceptors (Lipinski definition) is 2. The van der Waals surface area contributed by atoms with Gasteiger partial charge in [0.2, 0.25) is 0 Å². The number of para-hydroxylation sites is 1. The van der Waals surface area contributed by atoms with Crippen molar-refractivity contribution >= 4 is 5.69 Å². The minimum Gasteiger partial charge on any atom is -0.367 e. The molecule has 1 heterocycles. The third-order valence-electron chi connectivity index (χ3n) is 4.00. The molecule has 2 nitrogen and oxygen atoms in total. The summed E-state index contributed by atoms with van der Waals surface area (Å²) < 4.78 is 13.8. The van der Waals surface area contributed by atoms with E-state index in [1.165, 1.54) is 12.8 Å². The second-order valence-corrected chi connectivity index (χ2v) is 5.61. The first-order valence-electron chi connectivity index (χ1n) is 6.41. The Morgan fingerprint density at radius 3 is 2.82 bits per heavy atom. The van der Waals surface area contributed by atoms with Gasteiger partial charge in [0.05, 0.1) is 5.69 Å². The quantitative estimate of drug-likeness (QED) is 0.802. The largest absolute Gasteiger partial charge is 0.367 e. The number of nitrogens with zero attached hydrogens (tertiary/aromatic N) is 1. The molecule has 1 aromatic carbocycles. The van der Waals surface area contributed by atoms with Gasteiger partial charge in [0.15, 0.2) is 0 Å². The molecule has 1 saturated carbocycles. The van der Waals surface area contributed by atoms with Gasteiger partial charge in [-0.3, -0.25) is 0 Å². The molecule has 1 N–H and O–H groups in total. The molecule has 0 radical (unpaired) electrons. The highest BCUT2D eigenvalue weighted by molar-refractivity contribution is 5.48. The van der Waals surface area contributed by atoms with Crippen LogP contribution in [0.1, 0.15) is 19.8 Å². The van der Waals surface area contributed by atoms with Gasteiger partial charge in [-0.05, 0) is 31.9 Å². The molecule has 0 amide bonds. The van der Waals surface area contributed by atoms with Crippen LogP contribution < -0.4 is 10.2 Å². The monoisotopic (exact) mass is 234 g/mol. The molecule has 1 aliphatic carbocycles. The summed E-state index contributed by atoms with van der Waals surface area (Å²) in [6.45, 7) is 5.14. The molecule has 1 aromatic rings. The van der Waals surface area contributed by atoms with Crippen molar-refractivity contribution in [3.05, 3.63) is 30.1 Å². The van der Waals surface area contributed by atoms with Crippen molar-refractivity contribution in [2.24, 2.45) is 5.41 Å². The number of rotatable bonds is 1. The summed E-state index contributed by atoms with van der Waals surface area (Å²) >= 11 is 0. The van der Waals surface area contributed by atoms with Crippen LogP contribution in [0.2, 0.25) is 0 Å². The first-order valence-corrected chi connectivity index (χ1v) is 6.41. The van der Waals surface area contributed by atoms with Crippen LogP contribution >= 0.6 is 0 Å². The minimum atomic E-state index is -0.0996. The maximum atomic E-state index is 13.8. The van der Waals surface area contributed by atoms with Crippen LogP contribution in [0, 0.1) is 11.2 Å². The summed E-state index contributed by atoms with van der Waals surface area (Å²) in [6, 6.07) is 7.54. The van der Waals surface area contributed by atoms with E-state index in [2.05, 4.69) is 17.1 Å². The predicted octanol–water partition coefficient (Wildman–Crippen LogP) is 2.40. The van der Waals surface area contributed by atoms with Crippen LogP contribution in [0.3, 0.4) is 0 Å². The lowest BCUT2D eigenvalue weighted by Crippen LogP contribution is -2.35. The van der Waals surface area contributed by atoms with E-state index in [9.17, 15) is 4.39 Å². The van der Waals surface area contributed by atoms with Gasteiger partial charge in [0.1, 0.15) is 5.82 Å². The molecule has 1 atom stereocenters. The van der Waals surface area contributed by atoms with Crippen LogP contribution in [-0.2, 0) is 0 Å². The molecule has 1 spiro atoms. The number of hydrogen-bond donors (Lipinski definition) is 1. The molecule has 0 bridgehead atoms. The van der Waals surface area contributed by atoms with Crippen molar-refractivity contribution in [2.45, 2.75) is 25.8 Å². The first-order chi connectivity index (χ1) is 8.19. The summed E-state index contributed by atoms with van der Waals surface area (Å²) in [6.07, 6.45) is 2.55. The van der Waals surface area contributed by atoms with E-state index in [1.807, 2.05) is 12.1 Å². The van der Waals surface area contributed by atoms with E-state index >= 15 is 0 Å². The average Bonchev–Trinajstić information content (AvgIpc) is 3.09. The fourth-order valence-electron chi connectivity index (χ4n) is 2.71. The van der Waals surface area contributed by atoms with E-state index < -0.39 is 0 Å². The topological polar surface area (TPSA) is 15.3 Å². The van der Waals surface area contributed by atoms with Gasteiger partial charge in [-0.2, -0.15) is 0 Å². The van der Waals surface area contributed by atoms with Gasteiger partial charge < -0.3 is 10.2 Å². The Hall–Kier alpha value is -1.09. The Morgan fingerprint density at radius 2 is 2.12 bits per heavy atom. The Kier molecular flexibility index (Phi) is 2.58. The van der Waals surface area contributed by atoms with E-state index in [0.29, 0.717) is 11.5 Å². The molecule has 17 heavy (non-hydrogen) atoms.